The predicted molar refractivity (Wildman–Crippen MR) is 376 cm³/mol. The minimum atomic E-state index is -4.58. The van der Waals surface area contributed by atoms with Gasteiger partial charge in [-0.1, -0.05) is 385 Å². The molecule has 0 bridgehead atoms. The molecule has 0 aliphatic rings. The van der Waals surface area contributed by atoms with Crippen molar-refractivity contribution in [3.05, 3.63) is 24.3 Å². The van der Waals surface area contributed by atoms with Crippen LogP contribution in [0.3, 0.4) is 0 Å². The number of aliphatic hydroxyl groups excluding tert-OH is 1. The van der Waals surface area contributed by atoms with Crippen LogP contribution in [0.5, 0.6) is 0 Å². The van der Waals surface area contributed by atoms with Crippen LogP contribution in [-0.4, -0.2) is 68.5 Å². The molecule has 3 unspecified atom stereocenters. The van der Waals surface area contributed by atoms with E-state index in [1.807, 2.05) is 21.1 Å². The van der Waals surface area contributed by atoms with Crippen LogP contribution in [0.25, 0.3) is 0 Å². The van der Waals surface area contributed by atoms with E-state index in [4.69, 9.17) is 9.05 Å². The van der Waals surface area contributed by atoms with Crippen molar-refractivity contribution in [1.82, 2.24) is 5.32 Å². The lowest BCUT2D eigenvalue weighted by molar-refractivity contribution is -0.870. The first-order valence-electron chi connectivity index (χ1n) is 38.7. The van der Waals surface area contributed by atoms with E-state index in [1.54, 1.807) is 0 Å². The number of phosphoric acid groups is 1. The van der Waals surface area contributed by atoms with Crippen LogP contribution in [0.4, 0.5) is 0 Å². The van der Waals surface area contributed by atoms with Crippen LogP contribution in [0, 0.1) is 0 Å². The number of likely N-dealkylation sites (N-methyl/N-ethyl adjacent to an activating group) is 1. The van der Waals surface area contributed by atoms with E-state index in [1.165, 1.54) is 340 Å². The Morgan fingerprint density at radius 1 is 0.407 bits per heavy atom. The number of carbonyl (C=O) groups excluding carboxylic acids is 1. The quantitative estimate of drug-likeness (QED) is 0.0272. The number of amides is 1. The Labute approximate surface area is 538 Å². The second-order valence-electron chi connectivity index (χ2n) is 28.1. The van der Waals surface area contributed by atoms with Crippen molar-refractivity contribution in [3.8, 4) is 0 Å². The van der Waals surface area contributed by atoms with Gasteiger partial charge in [-0.2, -0.15) is 0 Å². The van der Waals surface area contributed by atoms with E-state index in [-0.39, 0.29) is 19.1 Å². The Morgan fingerprint density at radius 2 is 0.674 bits per heavy atom. The summed E-state index contributed by atoms with van der Waals surface area (Å²) in [6, 6.07) is -0.800. The Balaban J connectivity index is 3.93. The molecule has 0 aromatic carbocycles. The number of allylic oxidation sites excluding steroid dienone is 4. The molecule has 0 aliphatic carbocycles. The molecular weight excluding hydrogens is 1080 g/mol. The summed E-state index contributed by atoms with van der Waals surface area (Å²) in [7, 11) is 1.33. The summed E-state index contributed by atoms with van der Waals surface area (Å²) in [5, 5.41) is 14.1. The molecule has 0 aromatic heterocycles. The fraction of sp³-hybridized carbons (Fsp3) is 0.935. The minimum Gasteiger partial charge on any atom is -0.756 e. The second-order valence-corrected chi connectivity index (χ2v) is 29.5. The van der Waals surface area contributed by atoms with Gasteiger partial charge in [0, 0.05) is 6.42 Å². The summed E-state index contributed by atoms with van der Waals surface area (Å²) in [4.78, 5) is 25.7. The van der Waals surface area contributed by atoms with Crippen molar-refractivity contribution in [2.75, 3.05) is 40.9 Å². The number of aliphatic hydroxyl groups is 1. The van der Waals surface area contributed by atoms with Crippen LogP contribution < -0.4 is 10.2 Å². The summed E-state index contributed by atoms with van der Waals surface area (Å²) in [6.07, 6.45) is 90.0. The highest BCUT2D eigenvalue weighted by molar-refractivity contribution is 7.45. The molecule has 9 heteroatoms. The van der Waals surface area contributed by atoms with Gasteiger partial charge in [0.05, 0.1) is 39.9 Å². The van der Waals surface area contributed by atoms with Gasteiger partial charge in [0.1, 0.15) is 13.2 Å². The molecule has 0 aliphatic heterocycles. The van der Waals surface area contributed by atoms with Crippen LogP contribution in [0.15, 0.2) is 24.3 Å². The van der Waals surface area contributed by atoms with Crippen LogP contribution >= 0.6 is 7.82 Å². The topological polar surface area (TPSA) is 108 Å². The van der Waals surface area contributed by atoms with E-state index in [0.29, 0.717) is 23.9 Å². The molecule has 2 N–H and O–H groups in total. The van der Waals surface area contributed by atoms with Gasteiger partial charge in [-0.15, -0.1) is 0 Å². The molecule has 0 fully saturated rings. The zero-order chi connectivity index (χ0) is 62.6. The summed E-state index contributed by atoms with van der Waals surface area (Å²) < 4.78 is 23.6. The fourth-order valence-electron chi connectivity index (χ4n) is 12.2. The molecule has 3 atom stereocenters. The zero-order valence-electron chi connectivity index (χ0n) is 58.8. The summed E-state index contributed by atoms with van der Waals surface area (Å²) in [5.74, 6) is -0.154. The standard InChI is InChI=1S/C77H153N2O6P/c1-6-8-10-12-14-16-18-20-22-24-26-28-30-32-34-36-37-38-39-40-41-43-45-47-49-51-53-55-57-59-61-63-65-67-69-71-77(81)78-75(74-85-86(82,83)84-73-72-79(3,4)5)76(80)70-68-66-64-62-60-58-56-54-52-50-48-46-44-42-35-33-31-29-27-25-23-21-19-17-15-13-11-9-7-2/h18,20,24,26,75-76,80H,6-17,19,21-23,25,27-74H2,1-5H3,(H-,78,81,82,83)/b20-18-,26-24-. The lowest BCUT2D eigenvalue weighted by atomic mass is 10.0. The van der Waals surface area contributed by atoms with Gasteiger partial charge in [-0.3, -0.25) is 9.36 Å². The Morgan fingerprint density at radius 3 is 0.965 bits per heavy atom. The zero-order valence-corrected chi connectivity index (χ0v) is 59.7. The molecular formula is C77H153N2O6P. The molecule has 86 heavy (non-hydrogen) atoms. The predicted octanol–water partition coefficient (Wildman–Crippen LogP) is 24.4. The summed E-state index contributed by atoms with van der Waals surface area (Å²) in [5.41, 5.74) is 0. The molecule has 0 aromatic rings. The molecule has 0 radical (unpaired) electrons. The maximum Gasteiger partial charge on any atom is 0.268 e. The molecule has 0 saturated carbocycles. The van der Waals surface area contributed by atoms with Gasteiger partial charge in [0.25, 0.3) is 7.82 Å². The summed E-state index contributed by atoms with van der Waals surface area (Å²) >= 11 is 0. The normalized spacial score (nSPS) is 13.6. The molecule has 0 rings (SSSR count). The Hall–Kier alpha value is -1.02. The lowest BCUT2D eigenvalue weighted by Crippen LogP contribution is -2.46. The third kappa shape index (κ3) is 70.4. The van der Waals surface area contributed by atoms with E-state index in [2.05, 4.69) is 43.5 Å². The highest BCUT2D eigenvalue weighted by atomic mass is 31.2. The highest BCUT2D eigenvalue weighted by Crippen LogP contribution is 2.38. The van der Waals surface area contributed by atoms with E-state index >= 15 is 0 Å². The van der Waals surface area contributed by atoms with Crippen molar-refractivity contribution in [2.45, 2.75) is 424 Å². The SMILES string of the molecule is CCCCCCC/C=C\C/C=C\CCCCCCCCCCCCCCCCCCCCCCCCCC(=O)NC(COP(=O)([O-])OCC[N+](C)(C)C)C(O)CCCCCCCCCCCCCCCCCCCCCCCCCCCCCCC. The minimum absolute atomic E-state index is 0.0156. The fourth-order valence-corrected chi connectivity index (χ4v) is 12.9. The van der Waals surface area contributed by atoms with E-state index in [0.717, 1.165) is 44.9 Å². The number of unbranched alkanes of at least 4 members (excludes halogenated alkanes) is 56. The van der Waals surface area contributed by atoms with Crippen molar-refractivity contribution >= 4 is 13.7 Å². The molecule has 8 nitrogen and oxygen atoms in total. The number of hydrogen-bond acceptors (Lipinski definition) is 6. The van der Waals surface area contributed by atoms with Crippen LogP contribution in [0.2, 0.25) is 0 Å². The number of nitrogens with zero attached hydrogens (tertiary/aromatic N) is 1. The monoisotopic (exact) mass is 1230 g/mol. The number of phosphoric ester groups is 1. The molecule has 0 heterocycles. The average molecular weight is 1230 g/mol. The maximum absolute atomic E-state index is 13.1. The number of quaternary nitrogens is 1. The number of rotatable bonds is 73. The van der Waals surface area contributed by atoms with Gasteiger partial charge >= 0.3 is 0 Å². The van der Waals surface area contributed by atoms with Crippen molar-refractivity contribution in [3.63, 3.8) is 0 Å². The van der Waals surface area contributed by atoms with Gasteiger partial charge in [0.15, 0.2) is 0 Å². The largest absolute Gasteiger partial charge is 0.756 e. The third-order valence-corrected chi connectivity index (χ3v) is 19.2. The van der Waals surface area contributed by atoms with Gasteiger partial charge < -0.3 is 28.8 Å². The van der Waals surface area contributed by atoms with Crippen molar-refractivity contribution in [1.29, 1.82) is 0 Å². The van der Waals surface area contributed by atoms with Crippen molar-refractivity contribution in [2.24, 2.45) is 0 Å². The Bertz CT molecular complexity index is 1450. The average Bonchev–Trinajstić information content (AvgIpc) is 3.70. The Kier molecular flexibility index (Phi) is 67.5. The van der Waals surface area contributed by atoms with E-state index in [9.17, 15) is 19.4 Å². The highest BCUT2D eigenvalue weighted by Gasteiger charge is 2.24. The number of nitrogens with one attached hydrogen (secondary N) is 1. The third-order valence-electron chi connectivity index (χ3n) is 18.2. The van der Waals surface area contributed by atoms with Crippen LogP contribution in [-0.2, 0) is 18.4 Å². The van der Waals surface area contributed by atoms with Gasteiger partial charge in [-0.05, 0) is 44.9 Å². The summed E-state index contributed by atoms with van der Waals surface area (Å²) in [6.45, 7) is 4.78. The molecule has 0 saturated heterocycles. The second kappa shape index (κ2) is 68.3. The lowest BCUT2D eigenvalue weighted by Gasteiger charge is -2.30. The number of carbonyl (C=O) groups is 1. The van der Waals surface area contributed by atoms with Gasteiger partial charge in [0.2, 0.25) is 5.91 Å². The smallest absolute Gasteiger partial charge is 0.268 e. The molecule has 512 valence electrons. The first kappa shape index (κ1) is 85.0. The van der Waals surface area contributed by atoms with Gasteiger partial charge in [-0.25, -0.2) is 0 Å². The van der Waals surface area contributed by atoms with Crippen LogP contribution in [0.1, 0.15) is 412 Å². The molecule has 1 amide bonds. The first-order valence-corrected chi connectivity index (χ1v) is 40.1. The van der Waals surface area contributed by atoms with Crippen molar-refractivity contribution < 1.29 is 32.9 Å². The maximum atomic E-state index is 13.1. The number of hydrogen-bond donors (Lipinski definition) is 2. The first-order chi connectivity index (χ1) is 42.0. The van der Waals surface area contributed by atoms with E-state index < -0.39 is 20.0 Å². The molecule has 0 spiro atoms.